The summed E-state index contributed by atoms with van der Waals surface area (Å²) < 4.78 is 7.61. The van der Waals surface area contributed by atoms with Gasteiger partial charge in [-0.25, -0.2) is 0 Å². The number of halogens is 2. The van der Waals surface area contributed by atoms with Crippen molar-refractivity contribution in [2.75, 3.05) is 0 Å². The lowest BCUT2D eigenvalue weighted by Gasteiger charge is -2.05. The summed E-state index contributed by atoms with van der Waals surface area (Å²) in [5.41, 5.74) is 0. The second-order valence-electron chi connectivity index (χ2n) is 2.92. The van der Waals surface area contributed by atoms with E-state index >= 15 is 0 Å². The molecule has 4 heteroatoms. The summed E-state index contributed by atoms with van der Waals surface area (Å²) >= 11 is 9.65. The zero-order valence-electron chi connectivity index (χ0n) is 7.74. The summed E-state index contributed by atoms with van der Waals surface area (Å²) in [4.78, 5) is 1.14. The first-order chi connectivity index (χ1) is 7.25. The maximum atomic E-state index is 5.83. The molecule has 0 N–H and O–H groups in total. The molecular formula is C11H8ClIOS. The minimum absolute atomic E-state index is 0.581. The van der Waals surface area contributed by atoms with Crippen LogP contribution in [0.1, 0.15) is 4.88 Å². The van der Waals surface area contributed by atoms with Gasteiger partial charge in [0.15, 0.2) is 0 Å². The molecule has 0 aliphatic rings. The Kier molecular flexibility index (Phi) is 3.88. The van der Waals surface area contributed by atoms with Crippen molar-refractivity contribution in [3.05, 3.63) is 49.2 Å². The third-order valence-corrected chi connectivity index (χ3v) is 3.93. The smallest absolute Gasteiger partial charge is 0.133 e. The van der Waals surface area contributed by atoms with Crippen molar-refractivity contribution in [2.45, 2.75) is 6.61 Å². The van der Waals surface area contributed by atoms with E-state index in [1.807, 2.05) is 36.4 Å². The molecule has 78 valence electrons. The Labute approximate surface area is 111 Å². The predicted molar refractivity (Wildman–Crippen MR) is 72.8 cm³/mol. The van der Waals surface area contributed by atoms with Gasteiger partial charge in [-0.2, -0.15) is 0 Å². The van der Waals surface area contributed by atoms with Gasteiger partial charge in [0.05, 0.1) is 7.91 Å². The third-order valence-electron chi connectivity index (χ3n) is 1.84. The van der Waals surface area contributed by atoms with Crippen LogP contribution in [0.25, 0.3) is 0 Å². The fraction of sp³-hybridized carbons (Fsp3) is 0.0909. The summed E-state index contributed by atoms with van der Waals surface area (Å²) in [7, 11) is 0. The van der Waals surface area contributed by atoms with Crippen LogP contribution in [0.15, 0.2) is 36.4 Å². The van der Waals surface area contributed by atoms with E-state index in [9.17, 15) is 0 Å². The van der Waals surface area contributed by atoms with Crippen molar-refractivity contribution in [2.24, 2.45) is 0 Å². The summed E-state index contributed by atoms with van der Waals surface area (Å²) in [5.74, 6) is 0.919. The quantitative estimate of drug-likeness (QED) is 0.736. The van der Waals surface area contributed by atoms with Crippen LogP contribution in [0.5, 0.6) is 5.75 Å². The van der Waals surface area contributed by atoms with Gasteiger partial charge < -0.3 is 4.74 Å². The van der Waals surface area contributed by atoms with Crippen LogP contribution in [0, 0.1) is 3.57 Å². The van der Waals surface area contributed by atoms with Gasteiger partial charge in [-0.1, -0.05) is 23.7 Å². The highest BCUT2D eigenvalue weighted by atomic mass is 127. The highest BCUT2D eigenvalue weighted by Gasteiger charge is 2.01. The van der Waals surface area contributed by atoms with Crippen LogP contribution in [0.4, 0.5) is 0 Å². The minimum atomic E-state index is 0.581. The molecule has 0 bridgehead atoms. The molecule has 0 radical (unpaired) electrons. The highest BCUT2D eigenvalue weighted by Crippen LogP contribution is 2.25. The SMILES string of the molecule is Clc1ccc(COc2ccccc2I)s1. The Morgan fingerprint density at radius 1 is 1.20 bits per heavy atom. The molecule has 15 heavy (non-hydrogen) atoms. The summed E-state index contributed by atoms with van der Waals surface area (Å²) in [6.07, 6.45) is 0. The average Bonchev–Trinajstić information content (AvgIpc) is 2.63. The highest BCUT2D eigenvalue weighted by molar-refractivity contribution is 14.1. The van der Waals surface area contributed by atoms with E-state index in [0.717, 1.165) is 18.5 Å². The third kappa shape index (κ3) is 3.09. The average molecular weight is 351 g/mol. The minimum Gasteiger partial charge on any atom is -0.487 e. The van der Waals surface area contributed by atoms with Gasteiger partial charge in [-0.3, -0.25) is 0 Å². The lowest BCUT2D eigenvalue weighted by Crippen LogP contribution is -1.94. The fourth-order valence-corrected chi connectivity index (χ4v) is 2.68. The van der Waals surface area contributed by atoms with Crippen molar-refractivity contribution in [3.63, 3.8) is 0 Å². The number of hydrogen-bond donors (Lipinski definition) is 0. The number of ether oxygens (including phenoxy) is 1. The van der Waals surface area contributed by atoms with E-state index in [2.05, 4.69) is 22.6 Å². The molecule has 0 fully saturated rings. The van der Waals surface area contributed by atoms with E-state index in [4.69, 9.17) is 16.3 Å². The van der Waals surface area contributed by atoms with Crippen LogP contribution in [-0.2, 0) is 6.61 Å². The second-order valence-corrected chi connectivity index (χ2v) is 5.89. The molecule has 0 aliphatic heterocycles. The van der Waals surface area contributed by atoms with Crippen molar-refractivity contribution < 1.29 is 4.74 Å². The number of hydrogen-bond acceptors (Lipinski definition) is 2. The molecule has 0 saturated carbocycles. The van der Waals surface area contributed by atoms with Crippen molar-refractivity contribution in [3.8, 4) is 5.75 Å². The van der Waals surface area contributed by atoms with Crippen LogP contribution in [0.2, 0.25) is 4.34 Å². The molecule has 2 aromatic rings. The monoisotopic (exact) mass is 350 g/mol. The van der Waals surface area contributed by atoms with Gasteiger partial charge in [0.1, 0.15) is 12.4 Å². The Bertz CT molecular complexity index is 455. The molecule has 0 unspecified atom stereocenters. The van der Waals surface area contributed by atoms with Gasteiger partial charge in [0.25, 0.3) is 0 Å². The van der Waals surface area contributed by atoms with E-state index in [1.54, 1.807) is 11.3 Å². The van der Waals surface area contributed by atoms with Crippen molar-refractivity contribution >= 4 is 45.5 Å². The Morgan fingerprint density at radius 2 is 2.00 bits per heavy atom. The van der Waals surface area contributed by atoms with E-state index in [0.29, 0.717) is 6.61 Å². The molecule has 1 aromatic heterocycles. The maximum absolute atomic E-state index is 5.83. The first-order valence-electron chi connectivity index (χ1n) is 4.37. The summed E-state index contributed by atoms with van der Waals surface area (Å²) in [6, 6.07) is 11.8. The van der Waals surface area contributed by atoms with E-state index in [1.165, 1.54) is 0 Å². The summed E-state index contributed by atoms with van der Waals surface area (Å²) in [5, 5.41) is 0. The first kappa shape index (κ1) is 11.2. The molecule has 0 spiro atoms. The fourth-order valence-electron chi connectivity index (χ4n) is 1.14. The number of rotatable bonds is 3. The second kappa shape index (κ2) is 5.18. The number of para-hydroxylation sites is 1. The van der Waals surface area contributed by atoms with Crippen molar-refractivity contribution in [1.29, 1.82) is 0 Å². The van der Waals surface area contributed by atoms with Gasteiger partial charge in [0, 0.05) is 4.88 Å². The van der Waals surface area contributed by atoms with Gasteiger partial charge in [-0.05, 0) is 46.9 Å². The van der Waals surface area contributed by atoms with Crippen molar-refractivity contribution in [1.82, 2.24) is 0 Å². The predicted octanol–water partition coefficient (Wildman–Crippen LogP) is 4.59. The molecule has 0 aliphatic carbocycles. The standard InChI is InChI=1S/C11H8ClIOS/c12-11-6-5-8(15-11)7-14-10-4-2-1-3-9(10)13/h1-6H,7H2. The van der Waals surface area contributed by atoms with E-state index in [-0.39, 0.29) is 0 Å². The molecule has 2 rings (SSSR count). The molecule has 1 heterocycles. The molecule has 0 amide bonds. The Morgan fingerprint density at radius 3 is 2.67 bits per heavy atom. The largest absolute Gasteiger partial charge is 0.487 e. The van der Waals surface area contributed by atoms with Gasteiger partial charge in [-0.15, -0.1) is 11.3 Å². The van der Waals surface area contributed by atoms with Crippen LogP contribution >= 0.6 is 45.5 Å². The maximum Gasteiger partial charge on any atom is 0.133 e. The molecule has 0 atom stereocenters. The molecule has 1 nitrogen and oxygen atoms in total. The van der Waals surface area contributed by atoms with Crippen LogP contribution < -0.4 is 4.74 Å². The van der Waals surface area contributed by atoms with Gasteiger partial charge in [0.2, 0.25) is 0 Å². The molecule has 1 aromatic carbocycles. The van der Waals surface area contributed by atoms with Gasteiger partial charge >= 0.3 is 0 Å². The molecular weight excluding hydrogens is 343 g/mol. The first-order valence-corrected chi connectivity index (χ1v) is 6.64. The normalized spacial score (nSPS) is 10.3. The Balaban J connectivity index is 2.02. The zero-order chi connectivity index (χ0) is 10.7. The van der Waals surface area contributed by atoms with Crippen LogP contribution in [-0.4, -0.2) is 0 Å². The topological polar surface area (TPSA) is 9.23 Å². The Hall–Kier alpha value is -0.260. The lowest BCUT2D eigenvalue weighted by atomic mass is 10.3. The van der Waals surface area contributed by atoms with E-state index < -0.39 is 0 Å². The number of benzene rings is 1. The lowest BCUT2D eigenvalue weighted by molar-refractivity contribution is 0.307. The molecule has 0 saturated heterocycles. The number of thiophene rings is 1. The summed E-state index contributed by atoms with van der Waals surface area (Å²) in [6.45, 7) is 0.581. The zero-order valence-corrected chi connectivity index (χ0v) is 11.5. The van der Waals surface area contributed by atoms with Crippen LogP contribution in [0.3, 0.4) is 0 Å².